The summed E-state index contributed by atoms with van der Waals surface area (Å²) in [6.45, 7) is 1.44. The van der Waals surface area contributed by atoms with Gasteiger partial charge in [-0.1, -0.05) is 11.8 Å². The molecule has 0 aromatic carbocycles. The summed E-state index contributed by atoms with van der Waals surface area (Å²) in [6, 6.07) is 0. The Labute approximate surface area is 161 Å². The van der Waals surface area contributed by atoms with E-state index in [4.69, 9.17) is 5.11 Å². The van der Waals surface area contributed by atoms with Crippen molar-refractivity contribution in [2.45, 2.75) is 18.4 Å². The Balaban J connectivity index is 0.00000180. The Morgan fingerprint density at radius 3 is 2.74 bits per heavy atom. The minimum atomic E-state index is -1.40. The van der Waals surface area contributed by atoms with Crippen molar-refractivity contribution < 1.29 is 76.3 Å². The van der Waals surface area contributed by atoms with Gasteiger partial charge in [-0.25, -0.2) is 0 Å². The van der Waals surface area contributed by atoms with E-state index >= 15 is 0 Å². The molecule has 2 rings (SSSR count). The van der Waals surface area contributed by atoms with E-state index < -0.39 is 18.0 Å². The van der Waals surface area contributed by atoms with E-state index in [-0.39, 0.29) is 75.0 Å². The van der Waals surface area contributed by atoms with Gasteiger partial charge in [0.15, 0.2) is 0 Å². The number of aliphatic hydroxyl groups excluding tert-OH is 2. The number of aliphatic hydroxyl groups is 2. The zero-order valence-corrected chi connectivity index (χ0v) is 15.3. The number of thioether (sulfide) groups is 2. The summed E-state index contributed by atoms with van der Waals surface area (Å²) in [5.41, 5.74) is -0.134. The number of carboxylic acid groups (broad SMARTS) is 1. The molecule has 0 radical (unpaired) electrons. The van der Waals surface area contributed by atoms with Gasteiger partial charge in [-0.3, -0.25) is 9.69 Å². The topological polar surface area (TPSA) is 101 Å². The fraction of sp³-hybridized carbons (Fsp3) is 0.600. The van der Waals surface area contributed by atoms with Crippen molar-refractivity contribution in [1.82, 2.24) is 4.90 Å². The minimum absolute atomic E-state index is 0. The van der Waals surface area contributed by atoms with Crippen molar-refractivity contribution in [3.8, 4) is 0 Å². The molecule has 2 N–H and O–H groups in total. The molecule has 3 atom stereocenters. The number of fused-ring (bicyclic) bond motifs is 1. The smallest absolute Gasteiger partial charge is 0.543 e. The average molecular weight is 329 g/mol. The van der Waals surface area contributed by atoms with Gasteiger partial charge in [0, 0.05) is 5.75 Å². The van der Waals surface area contributed by atoms with Crippen LogP contribution < -0.4 is 56.5 Å². The van der Waals surface area contributed by atoms with E-state index in [1.165, 1.54) is 30.4 Å². The summed E-state index contributed by atoms with van der Waals surface area (Å²) < 4.78 is 0.463. The number of amides is 1. The largest absolute Gasteiger partial charge is 1.00 e. The van der Waals surface area contributed by atoms with Crippen LogP contribution in [0, 0.1) is 5.92 Å². The standard InChI is InChI=1S/C10H13NO5S2.K/c1-4(13)5-7(14)11-6(9(15)16)10(17-3-2-12)18-8(5)11;/h4-5,8,12-13H,2-3H2,1H3,(H,15,16);/q;+1/p-1/t4?,5?,8-;/m1./s1. The van der Waals surface area contributed by atoms with Crippen LogP contribution in [0.3, 0.4) is 0 Å². The summed E-state index contributed by atoms with van der Waals surface area (Å²) in [7, 11) is 0. The summed E-state index contributed by atoms with van der Waals surface area (Å²) in [4.78, 5) is 24.0. The molecule has 1 saturated heterocycles. The average Bonchev–Trinajstić information content (AvgIpc) is 2.60. The maximum atomic E-state index is 11.8. The Hall–Kier alpha value is 0.936. The zero-order valence-electron chi connectivity index (χ0n) is 10.5. The Morgan fingerprint density at radius 2 is 2.26 bits per heavy atom. The second-order valence-corrected chi connectivity index (χ2v) is 6.47. The zero-order chi connectivity index (χ0) is 13.4. The quantitative estimate of drug-likeness (QED) is 0.388. The molecule has 0 aliphatic carbocycles. The predicted octanol–water partition coefficient (Wildman–Crippen LogP) is -4.45. The maximum absolute atomic E-state index is 11.8. The Bertz CT molecular complexity index is 428. The number of carbonyl (C=O) groups excluding carboxylic acids is 2. The number of rotatable bonds is 5. The molecule has 6 nitrogen and oxygen atoms in total. The van der Waals surface area contributed by atoms with Gasteiger partial charge in [-0.2, -0.15) is 0 Å². The molecule has 0 saturated carbocycles. The van der Waals surface area contributed by atoms with Gasteiger partial charge in [0.05, 0.1) is 34.5 Å². The van der Waals surface area contributed by atoms with Crippen LogP contribution in [0.4, 0.5) is 0 Å². The first kappa shape index (κ1) is 18.0. The third kappa shape index (κ3) is 3.24. The molecular weight excluding hydrogens is 317 g/mol. The van der Waals surface area contributed by atoms with Crippen LogP contribution in [0.5, 0.6) is 0 Å². The molecule has 2 heterocycles. The molecule has 2 aliphatic rings. The number of hydrogen-bond acceptors (Lipinski definition) is 7. The van der Waals surface area contributed by atoms with Crippen molar-refractivity contribution in [2.75, 3.05) is 12.4 Å². The van der Waals surface area contributed by atoms with Crippen LogP contribution in [0.2, 0.25) is 0 Å². The predicted molar refractivity (Wildman–Crippen MR) is 65.0 cm³/mol. The van der Waals surface area contributed by atoms with Gasteiger partial charge in [-0.05, 0) is 6.92 Å². The second kappa shape index (κ2) is 7.28. The first-order chi connectivity index (χ1) is 8.49. The molecule has 0 bridgehead atoms. The number of nitrogens with zero attached hydrogens (tertiary/aromatic N) is 1. The first-order valence-corrected chi connectivity index (χ1v) is 7.22. The SMILES string of the molecule is CC(O)C1C(=O)N2C(C(=O)[O-])=C(SCCO)S[C@H]12.[K+]. The fourth-order valence-corrected chi connectivity index (χ4v) is 4.71. The van der Waals surface area contributed by atoms with Crippen LogP contribution in [0.1, 0.15) is 6.92 Å². The molecule has 100 valence electrons. The van der Waals surface area contributed by atoms with Crippen LogP contribution in [-0.4, -0.2) is 50.8 Å². The Kier molecular flexibility index (Phi) is 6.89. The van der Waals surface area contributed by atoms with Gasteiger partial charge in [0.1, 0.15) is 5.37 Å². The van der Waals surface area contributed by atoms with E-state index in [2.05, 4.69) is 0 Å². The Morgan fingerprint density at radius 1 is 1.63 bits per heavy atom. The number of aliphatic carboxylic acids is 1. The van der Waals surface area contributed by atoms with Crippen LogP contribution in [0.15, 0.2) is 9.93 Å². The molecule has 1 fully saturated rings. The van der Waals surface area contributed by atoms with Crippen LogP contribution in [-0.2, 0) is 9.59 Å². The van der Waals surface area contributed by atoms with E-state index in [1.807, 2.05) is 0 Å². The number of hydrogen-bond donors (Lipinski definition) is 2. The monoisotopic (exact) mass is 329 g/mol. The first-order valence-electron chi connectivity index (χ1n) is 5.36. The van der Waals surface area contributed by atoms with Crippen LogP contribution >= 0.6 is 23.5 Å². The van der Waals surface area contributed by atoms with Crippen molar-refractivity contribution in [1.29, 1.82) is 0 Å². The normalized spacial score (nSPS) is 26.7. The van der Waals surface area contributed by atoms with Crippen molar-refractivity contribution in [2.24, 2.45) is 5.92 Å². The van der Waals surface area contributed by atoms with Gasteiger partial charge in [-0.15, -0.1) is 11.8 Å². The second-order valence-electron chi connectivity index (χ2n) is 3.98. The van der Waals surface area contributed by atoms with Crippen molar-refractivity contribution >= 4 is 35.4 Å². The number of carbonyl (C=O) groups is 2. The van der Waals surface area contributed by atoms with Gasteiger partial charge in [0.2, 0.25) is 5.91 Å². The van der Waals surface area contributed by atoms with E-state index in [9.17, 15) is 19.8 Å². The third-order valence-electron chi connectivity index (χ3n) is 2.78. The molecule has 2 aliphatic heterocycles. The van der Waals surface area contributed by atoms with Crippen molar-refractivity contribution in [3.05, 3.63) is 9.93 Å². The summed E-state index contributed by atoms with van der Waals surface area (Å²) >= 11 is 2.41. The molecule has 0 spiro atoms. The molecule has 0 aromatic heterocycles. The van der Waals surface area contributed by atoms with Gasteiger partial charge in [0.25, 0.3) is 0 Å². The fourth-order valence-electron chi connectivity index (χ4n) is 1.98. The van der Waals surface area contributed by atoms with Gasteiger partial charge >= 0.3 is 51.4 Å². The van der Waals surface area contributed by atoms with Crippen LogP contribution in [0.25, 0.3) is 0 Å². The van der Waals surface area contributed by atoms with Gasteiger partial charge < -0.3 is 20.1 Å². The molecule has 0 aromatic rings. The van der Waals surface area contributed by atoms with E-state index in [0.717, 1.165) is 4.90 Å². The molecule has 1 amide bonds. The van der Waals surface area contributed by atoms with E-state index in [0.29, 0.717) is 9.99 Å². The molecule has 2 unspecified atom stereocenters. The number of carboxylic acids is 1. The maximum Gasteiger partial charge on any atom is 1.00 e. The summed E-state index contributed by atoms with van der Waals surface area (Å²) in [6.07, 6.45) is -0.809. The minimum Gasteiger partial charge on any atom is -0.543 e. The molecular formula is C10H12KNO5S2. The third-order valence-corrected chi connectivity index (χ3v) is 5.42. The number of β-lactam (4-membered cyclic amide) rings is 1. The molecule has 19 heavy (non-hydrogen) atoms. The summed E-state index contributed by atoms with van der Waals surface area (Å²) in [5, 5.41) is 28.9. The van der Waals surface area contributed by atoms with E-state index in [1.54, 1.807) is 0 Å². The molecule has 9 heteroatoms. The summed E-state index contributed by atoms with van der Waals surface area (Å²) in [5.74, 6) is -2.01. The van der Waals surface area contributed by atoms with Crippen molar-refractivity contribution in [3.63, 3.8) is 0 Å².